The molecule has 0 aliphatic carbocycles. The molecule has 0 spiro atoms. The average Bonchev–Trinajstić information content (AvgIpc) is 2.85. The molecular weight excluding hydrogens is 342 g/mol. The zero-order valence-corrected chi connectivity index (χ0v) is 15.9. The summed E-state index contributed by atoms with van der Waals surface area (Å²) in [7, 11) is 0. The van der Waals surface area contributed by atoms with E-state index in [9.17, 15) is 4.79 Å². The smallest absolute Gasteiger partial charge is 0.263 e. The van der Waals surface area contributed by atoms with Crippen LogP contribution in [-0.4, -0.2) is 23.4 Å². The van der Waals surface area contributed by atoms with Gasteiger partial charge in [0.05, 0.1) is 18.1 Å². The Kier molecular flexibility index (Phi) is 6.45. The first kappa shape index (κ1) is 18.5. The first-order valence-electron chi connectivity index (χ1n) is 7.79. The third kappa shape index (κ3) is 4.19. The highest BCUT2D eigenvalue weighted by Gasteiger charge is 2.21. The predicted molar refractivity (Wildman–Crippen MR) is 104 cm³/mol. The van der Waals surface area contributed by atoms with E-state index in [4.69, 9.17) is 21.7 Å². The molecule has 1 aromatic rings. The van der Waals surface area contributed by atoms with E-state index in [2.05, 4.69) is 11.4 Å². The first-order valence-corrected chi connectivity index (χ1v) is 9.01. The van der Waals surface area contributed by atoms with Crippen LogP contribution in [-0.2, 0) is 4.79 Å². The zero-order valence-electron chi connectivity index (χ0n) is 14.3. The van der Waals surface area contributed by atoms with Crippen LogP contribution in [0.2, 0.25) is 0 Å². The number of hydrogen-bond donors (Lipinski definition) is 1. The van der Waals surface area contributed by atoms with Crippen molar-refractivity contribution >= 4 is 40.3 Å². The van der Waals surface area contributed by atoms with Crippen molar-refractivity contribution < 1.29 is 14.3 Å². The van der Waals surface area contributed by atoms with E-state index in [1.165, 1.54) is 11.8 Å². The zero-order chi connectivity index (χ0) is 17.7. The summed E-state index contributed by atoms with van der Waals surface area (Å²) in [6.07, 6.45) is 5.58. The molecular formula is C18H21NO3S2. The van der Waals surface area contributed by atoms with Gasteiger partial charge in [0.2, 0.25) is 0 Å². The Morgan fingerprint density at radius 3 is 2.46 bits per heavy atom. The van der Waals surface area contributed by atoms with Gasteiger partial charge in [-0.25, -0.2) is 0 Å². The normalized spacial score (nSPS) is 16.1. The molecule has 1 fully saturated rings. The molecule has 1 heterocycles. The Morgan fingerprint density at radius 1 is 1.21 bits per heavy atom. The van der Waals surface area contributed by atoms with Gasteiger partial charge >= 0.3 is 0 Å². The van der Waals surface area contributed by atoms with Crippen molar-refractivity contribution in [2.75, 3.05) is 13.2 Å². The van der Waals surface area contributed by atoms with Crippen molar-refractivity contribution in [2.24, 2.45) is 0 Å². The summed E-state index contributed by atoms with van der Waals surface area (Å²) >= 11 is 6.25. The number of ether oxygens (including phenoxy) is 2. The van der Waals surface area contributed by atoms with Crippen LogP contribution in [0.3, 0.4) is 0 Å². The molecule has 0 unspecified atom stereocenters. The Balaban J connectivity index is 2.33. The van der Waals surface area contributed by atoms with Crippen LogP contribution in [0.5, 0.6) is 11.5 Å². The third-order valence-electron chi connectivity index (χ3n) is 3.45. The van der Waals surface area contributed by atoms with Crippen molar-refractivity contribution in [3.63, 3.8) is 0 Å². The average molecular weight is 364 g/mol. The molecule has 0 radical (unpaired) electrons. The van der Waals surface area contributed by atoms with Crippen molar-refractivity contribution in [1.82, 2.24) is 5.32 Å². The summed E-state index contributed by atoms with van der Waals surface area (Å²) in [6.45, 7) is 9.09. The lowest BCUT2D eigenvalue weighted by Gasteiger charge is -2.17. The number of rotatable bonds is 6. The van der Waals surface area contributed by atoms with Crippen molar-refractivity contribution in [3.05, 3.63) is 39.8 Å². The lowest BCUT2D eigenvalue weighted by Crippen LogP contribution is -2.17. The third-order valence-corrected chi connectivity index (χ3v) is 4.63. The van der Waals surface area contributed by atoms with Crippen LogP contribution in [0.1, 0.15) is 30.5 Å². The maximum atomic E-state index is 11.6. The number of thiocarbonyl (C=S) groups is 1. The second kappa shape index (κ2) is 8.35. The van der Waals surface area contributed by atoms with Crippen molar-refractivity contribution in [1.29, 1.82) is 0 Å². The molecule has 4 nitrogen and oxygen atoms in total. The monoisotopic (exact) mass is 363 g/mol. The minimum atomic E-state index is -0.149. The maximum Gasteiger partial charge on any atom is 0.263 e. The molecule has 24 heavy (non-hydrogen) atoms. The van der Waals surface area contributed by atoms with Gasteiger partial charge in [-0.1, -0.05) is 36.1 Å². The number of allylic oxidation sites excluding steroid dienone is 2. The van der Waals surface area contributed by atoms with E-state index in [0.717, 1.165) is 28.2 Å². The summed E-state index contributed by atoms with van der Waals surface area (Å²) in [5, 5.41) is 2.60. The van der Waals surface area contributed by atoms with E-state index >= 15 is 0 Å². The SMILES string of the molecule is CCOc1c(C)cc(C=CC=C2SC(=S)NC2=O)c(C)c1OCC. The fraction of sp³-hybridized carbons (Fsp3) is 0.333. The number of amides is 1. The van der Waals surface area contributed by atoms with Crippen molar-refractivity contribution in [2.45, 2.75) is 27.7 Å². The van der Waals surface area contributed by atoms with Crippen LogP contribution in [0.4, 0.5) is 0 Å². The maximum absolute atomic E-state index is 11.6. The van der Waals surface area contributed by atoms with Gasteiger partial charge < -0.3 is 14.8 Å². The molecule has 1 aliphatic heterocycles. The molecule has 0 aromatic heterocycles. The number of aryl methyl sites for hydroxylation is 1. The quantitative estimate of drug-likeness (QED) is 0.608. The van der Waals surface area contributed by atoms with E-state index in [0.29, 0.717) is 22.4 Å². The highest BCUT2D eigenvalue weighted by molar-refractivity contribution is 8.26. The largest absolute Gasteiger partial charge is 0.490 e. The molecule has 0 saturated carbocycles. The molecule has 128 valence electrons. The van der Waals surface area contributed by atoms with Gasteiger partial charge in [-0.2, -0.15) is 0 Å². The van der Waals surface area contributed by atoms with Crippen LogP contribution < -0.4 is 14.8 Å². The number of benzene rings is 1. The Labute approximate surface area is 152 Å². The summed E-state index contributed by atoms with van der Waals surface area (Å²) in [6, 6.07) is 2.06. The van der Waals surface area contributed by atoms with Crippen LogP contribution >= 0.6 is 24.0 Å². The summed E-state index contributed by atoms with van der Waals surface area (Å²) < 4.78 is 12.0. The van der Waals surface area contributed by atoms with Gasteiger partial charge in [0.15, 0.2) is 11.5 Å². The second-order valence-electron chi connectivity index (χ2n) is 5.17. The Bertz CT molecular complexity index is 723. The van der Waals surface area contributed by atoms with Crippen LogP contribution in [0.15, 0.2) is 23.1 Å². The van der Waals surface area contributed by atoms with Gasteiger partial charge in [-0.15, -0.1) is 0 Å². The summed E-state index contributed by atoms with van der Waals surface area (Å²) in [5.41, 5.74) is 3.06. The summed E-state index contributed by atoms with van der Waals surface area (Å²) in [4.78, 5) is 12.2. The molecule has 1 aromatic carbocycles. The minimum Gasteiger partial charge on any atom is -0.490 e. The van der Waals surface area contributed by atoms with Gasteiger partial charge in [0, 0.05) is 5.56 Å². The van der Waals surface area contributed by atoms with E-state index in [1.807, 2.05) is 39.8 Å². The number of carbonyl (C=O) groups is 1. The molecule has 1 N–H and O–H groups in total. The van der Waals surface area contributed by atoms with Gasteiger partial charge in [0.1, 0.15) is 4.32 Å². The highest BCUT2D eigenvalue weighted by Crippen LogP contribution is 2.37. The van der Waals surface area contributed by atoms with Crippen LogP contribution in [0, 0.1) is 13.8 Å². The predicted octanol–water partition coefficient (Wildman–Crippen LogP) is 4.15. The first-order chi connectivity index (χ1) is 11.5. The van der Waals surface area contributed by atoms with Crippen molar-refractivity contribution in [3.8, 4) is 11.5 Å². The molecule has 0 atom stereocenters. The van der Waals surface area contributed by atoms with E-state index in [-0.39, 0.29) is 5.91 Å². The number of nitrogens with one attached hydrogen (secondary N) is 1. The van der Waals surface area contributed by atoms with Gasteiger partial charge in [-0.05, 0) is 51.0 Å². The molecule has 1 aliphatic rings. The summed E-state index contributed by atoms with van der Waals surface area (Å²) in [5.74, 6) is 1.42. The van der Waals surface area contributed by atoms with E-state index in [1.54, 1.807) is 6.08 Å². The number of hydrogen-bond acceptors (Lipinski definition) is 5. The molecule has 0 bridgehead atoms. The fourth-order valence-electron chi connectivity index (χ4n) is 2.38. The molecule has 6 heteroatoms. The van der Waals surface area contributed by atoms with E-state index < -0.39 is 0 Å². The van der Waals surface area contributed by atoms with Crippen LogP contribution in [0.25, 0.3) is 6.08 Å². The molecule has 1 amide bonds. The molecule has 1 saturated heterocycles. The standard InChI is InChI=1S/C18H21NO3S2/c1-5-21-15-11(3)10-13(12(4)16(15)22-6-2)8-7-9-14-17(20)19-18(23)24-14/h7-10H,5-6H2,1-4H3,(H,19,20,23). The Hall–Kier alpha value is -1.79. The number of thioether (sulfide) groups is 1. The fourth-order valence-corrected chi connectivity index (χ4v) is 3.37. The van der Waals surface area contributed by atoms with Gasteiger partial charge in [0.25, 0.3) is 5.91 Å². The van der Waals surface area contributed by atoms with Gasteiger partial charge in [-0.3, -0.25) is 4.79 Å². The second-order valence-corrected chi connectivity index (χ2v) is 6.88. The number of carbonyl (C=O) groups excluding carboxylic acids is 1. The highest BCUT2D eigenvalue weighted by atomic mass is 32.2. The minimum absolute atomic E-state index is 0.149. The molecule has 2 rings (SSSR count). The lowest BCUT2D eigenvalue weighted by atomic mass is 10.0. The topological polar surface area (TPSA) is 47.6 Å². The Morgan fingerprint density at radius 2 is 1.88 bits per heavy atom. The lowest BCUT2D eigenvalue weighted by molar-refractivity contribution is -0.115.